The van der Waals surface area contributed by atoms with Crippen molar-refractivity contribution >= 4 is 17.2 Å². The Labute approximate surface area is 210 Å². The van der Waals surface area contributed by atoms with E-state index in [0.29, 0.717) is 30.4 Å². The Morgan fingerprint density at radius 3 is 2.97 bits per heavy atom. The zero-order valence-electron chi connectivity index (χ0n) is 20.2. The predicted molar refractivity (Wildman–Crippen MR) is 138 cm³/mol. The highest BCUT2D eigenvalue weighted by atomic mass is 16.5. The minimum absolute atomic E-state index is 0.199. The zero-order chi connectivity index (χ0) is 25.1. The fraction of sp³-hybridized carbons (Fsp3) is 0.276. The number of amides is 1. The summed E-state index contributed by atoms with van der Waals surface area (Å²) in [6, 6.07) is 7.63. The molecule has 7 heteroatoms. The molecular weight excluding hydrogens is 450 g/mol. The normalized spacial score (nSPS) is 21.0. The maximum absolute atomic E-state index is 12.8. The van der Waals surface area contributed by atoms with Crippen LogP contribution in [0.5, 0.6) is 0 Å². The van der Waals surface area contributed by atoms with Crippen LogP contribution in [0.4, 0.5) is 0 Å². The van der Waals surface area contributed by atoms with Crippen molar-refractivity contribution in [2.75, 3.05) is 13.2 Å². The van der Waals surface area contributed by atoms with Crippen LogP contribution in [0.25, 0.3) is 5.57 Å². The van der Waals surface area contributed by atoms with Crippen LogP contribution in [0.3, 0.4) is 0 Å². The molecule has 5 rings (SSSR count). The van der Waals surface area contributed by atoms with Gasteiger partial charge in [-0.25, -0.2) is 4.98 Å². The van der Waals surface area contributed by atoms with Gasteiger partial charge in [0.15, 0.2) is 0 Å². The Balaban J connectivity index is 1.29. The number of aliphatic imine (C=N–C) groups is 1. The number of hydrogen-bond donors (Lipinski definition) is 1. The number of nitriles is 1. The number of benzene rings is 1. The van der Waals surface area contributed by atoms with E-state index in [1.165, 1.54) is 12.8 Å². The first-order chi connectivity index (χ1) is 17.6. The van der Waals surface area contributed by atoms with E-state index in [1.54, 1.807) is 18.3 Å². The third-order valence-corrected chi connectivity index (χ3v) is 6.50. The average molecular weight is 478 g/mol. The Kier molecular flexibility index (Phi) is 6.70. The van der Waals surface area contributed by atoms with Gasteiger partial charge in [0.2, 0.25) is 0 Å². The molecule has 2 heterocycles. The summed E-state index contributed by atoms with van der Waals surface area (Å²) in [6.45, 7) is 7.01. The topological polar surface area (TPSA) is 100 Å². The molecule has 1 amide bonds. The molecular formula is C29H27N5O2. The maximum atomic E-state index is 12.8. The molecule has 0 spiro atoms. The second-order valence-electron chi connectivity index (χ2n) is 9.14. The highest BCUT2D eigenvalue weighted by Gasteiger charge is 2.26. The second kappa shape index (κ2) is 10.2. The average Bonchev–Trinajstić information content (AvgIpc) is 3.77. The molecule has 1 unspecified atom stereocenters. The molecule has 1 atom stereocenters. The van der Waals surface area contributed by atoms with Crippen LogP contribution in [-0.2, 0) is 11.3 Å². The van der Waals surface area contributed by atoms with Gasteiger partial charge < -0.3 is 10.1 Å². The maximum Gasteiger partial charge on any atom is 0.251 e. The predicted octanol–water partition coefficient (Wildman–Crippen LogP) is 4.78. The van der Waals surface area contributed by atoms with Gasteiger partial charge in [-0.2, -0.15) is 5.26 Å². The zero-order valence-corrected chi connectivity index (χ0v) is 20.2. The Bertz CT molecular complexity index is 1390. The monoisotopic (exact) mass is 477 g/mol. The minimum atomic E-state index is -0.364. The number of carbonyl (C=O) groups is 1. The van der Waals surface area contributed by atoms with Crippen LogP contribution in [0.15, 0.2) is 77.7 Å². The molecule has 1 fully saturated rings. The Morgan fingerprint density at radius 2 is 2.19 bits per heavy atom. The van der Waals surface area contributed by atoms with E-state index >= 15 is 0 Å². The molecule has 1 saturated carbocycles. The third kappa shape index (κ3) is 5.09. The molecule has 1 N–H and O–H groups in total. The molecule has 0 bridgehead atoms. The summed E-state index contributed by atoms with van der Waals surface area (Å²) in [4.78, 5) is 26.7. The van der Waals surface area contributed by atoms with Gasteiger partial charge in [0, 0.05) is 23.3 Å². The molecule has 2 aromatic rings. The van der Waals surface area contributed by atoms with E-state index in [-0.39, 0.29) is 18.4 Å². The van der Waals surface area contributed by atoms with Crippen molar-refractivity contribution in [2.24, 2.45) is 4.99 Å². The molecule has 180 valence electrons. The van der Waals surface area contributed by atoms with Crippen LogP contribution in [0.2, 0.25) is 0 Å². The van der Waals surface area contributed by atoms with Crippen LogP contribution < -0.4 is 5.32 Å². The highest BCUT2D eigenvalue weighted by molar-refractivity contribution is 6.16. The van der Waals surface area contributed by atoms with Crippen molar-refractivity contribution in [1.82, 2.24) is 15.3 Å². The van der Waals surface area contributed by atoms with E-state index < -0.39 is 0 Å². The van der Waals surface area contributed by atoms with Crippen molar-refractivity contribution in [2.45, 2.75) is 38.2 Å². The van der Waals surface area contributed by atoms with Gasteiger partial charge in [-0.1, -0.05) is 30.9 Å². The summed E-state index contributed by atoms with van der Waals surface area (Å²) in [5.74, 6) is -0.0693. The van der Waals surface area contributed by atoms with Gasteiger partial charge in [0.1, 0.15) is 0 Å². The number of allylic oxidation sites excluding steroid dienone is 6. The largest absolute Gasteiger partial charge is 0.375 e. The van der Waals surface area contributed by atoms with Gasteiger partial charge in [0.05, 0.1) is 60.7 Å². The minimum Gasteiger partial charge on any atom is -0.375 e. The summed E-state index contributed by atoms with van der Waals surface area (Å²) in [6.07, 6.45) is 14.0. The van der Waals surface area contributed by atoms with E-state index in [4.69, 9.17) is 14.7 Å². The second-order valence-corrected chi connectivity index (χ2v) is 9.14. The van der Waals surface area contributed by atoms with Gasteiger partial charge in [-0.3, -0.25) is 14.8 Å². The van der Waals surface area contributed by atoms with Crippen molar-refractivity contribution in [3.8, 4) is 6.07 Å². The number of aromatic nitrogens is 2. The lowest BCUT2D eigenvalue weighted by molar-refractivity contribution is 0.0951. The van der Waals surface area contributed by atoms with Crippen LogP contribution in [-0.4, -0.2) is 34.7 Å². The molecule has 0 radical (unpaired) electrons. The number of fused-ring (bicyclic) bond motifs is 1. The molecule has 3 aliphatic rings. The Morgan fingerprint density at radius 1 is 1.33 bits per heavy atom. The Hall–Kier alpha value is -4.15. The van der Waals surface area contributed by atoms with Gasteiger partial charge in [-0.05, 0) is 54.7 Å². The molecule has 2 aliphatic carbocycles. The first kappa shape index (κ1) is 23.6. The lowest BCUT2D eigenvalue weighted by atomic mass is 9.92. The first-order valence-electron chi connectivity index (χ1n) is 12.1. The standard InChI is InChI=1S/C29H27N5O2/c1-3-19-4-7-21(28-15-31-14-27(34-28)20-5-6-20)11-26(19)33-18(2)13-32-29(35)22-8-9-23-16-36-17-24(12-30)25(23)10-22/h3-4,7-11,14-15,20,24H,2,5-6,13,16-17H2,1H3,(H,32,35)/b19-3-,33-26?. The smallest absolute Gasteiger partial charge is 0.251 e. The quantitative estimate of drug-likeness (QED) is 0.646. The molecule has 7 nitrogen and oxygen atoms in total. The number of ether oxygens (including phenoxy) is 1. The molecule has 36 heavy (non-hydrogen) atoms. The van der Waals surface area contributed by atoms with Crippen molar-refractivity contribution < 1.29 is 9.53 Å². The molecule has 1 aliphatic heterocycles. The number of rotatable bonds is 6. The van der Waals surface area contributed by atoms with Crippen molar-refractivity contribution in [3.63, 3.8) is 0 Å². The summed E-state index contributed by atoms with van der Waals surface area (Å²) >= 11 is 0. The third-order valence-electron chi connectivity index (χ3n) is 6.50. The summed E-state index contributed by atoms with van der Waals surface area (Å²) in [5, 5.41) is 12.3. The fourth-order valence-corrected chi connectivity index (χ4v) is 4.31. The van der Waals surface area contributed by atoms with E-state index in [9.17, 15) is 10.1 Å². The summed E-state index contributed by atoms with van der Waals surface area (Å²) < 4.78 is 5.45. The summed E-state index contributed by atoms with van der Waals surface area (Å²) in [7, 11) is 0. The first-order valence-corrected chi connectivity index (χ1v) is 12.1. The lowest BCUT2D eigenvalue weighted by Gasteiger charge is -2.21. The fourth-order valence-electron chi connectivity index (χ4n) is 4.31. The van der Waals surface area contributed by atoms with Crippen LogP contribution >= 0.6 is 0 Å². The number of hydrogen-bond acceptors (Lipinski definition) is 6. The van der Waals surface area contributed by atoms with E-state index in [2.05, 4.69) is 22.9 Å². The van der Waals surface area contributed by atoms with Crippen molar-refractivity contribution in [3.05, 3.63) is 101 Å². The van der Waals surface area contributed by atoms with E-state index in [1.807, 2.05) is 43.5 Å². The van der Waals surface area contributed by atoms with Gasteiger partial charge in [-0.15, -0.1) is 0 Å². The lowest BCUT2D eigenvalue weighted by Crippen LogP contribution is -2.26. The number of nitrogens with one attached hydrogen (secondary N) is 1. The van der Waals surface area contributed by atoms with Crippen molar-refractivity contribution in [1.29, 1.82) is 5.26 Å². The van der Waals surface area contributed by atoms with Gasteiger partial charge >= 0.3 is 0 Å². The molecule has 1 aromatic heterocycles. The molecule has 1 aromatic carbocycles. The highest BCUT2D eigenvalue weighted by Crippen LogP contribution is 2.39. The number of nitrogens with zero attached hydrogens (tertiary/aromatic N) is 4. The van der Waals surface area contributed by atoms with Crippen LogP contribution in [0.1, 0.15) is 64.5 Å². The molecule has 0 saturated heterocycles. The van der Waals surface area contributed by atoms with Crippen LogP contribution in [0, 0.1) is 11.3 Å². The van der Waals surface area contributed by atoms with Gasteiger partial charge in [0.25, 0.3) is 5.91 Å². The van der Waals surface area contributed by atoms with E-state index in [0.717, 1.165) is 39.4 Å². The summed E-state index contributed by atoms with van der Waals surface area (Å²) in [5.41, 5.74) is 7.37. The number of carbonyl (C=O) groups excluding carboxylic acids is 1. The SMILES string of the molecule is C=C(CNC(=O)c1ccc2c(c1)C(C#N)COC2)N=C1C=C(c2cncc(C3CC3)n2)C=C/C1=C/C.